The fourth-order valence-electron chi connectivity index (χ4n) is 6.35. The Morgan fingerprint density at radius 1 is 0.894 bits per heavy atom. The lowest BCUT2D eigenvalue weighted by Gasteiger charge is -2.31. The molecule has 0 saturated heterocycles. The standard InChI is InChI=1S/C37H28N6O3S/c44-35(41-37-39-30-11-4-5-12-32(30)47-37)27-10-6-9-24-16-18-42(21-28(24)27)33-14-13-26(34(40-33)36(45)46)29-22-43(20-23-7-2-1-3-8-23)31-19-38-17-15-25(29)31/h1-15,17,19,22H,16,18,20-21H2,(H,45,46)(H,39,41,44). The number of carboxylic acids is 1. The van der Waals surface area contributed by atoms with Crippen LogP contribution in [0, 0.1) is 0 Å². The van der Waals surface area contributed by atoms with Crippen LogP contribution >= 0.6 is 11.3 Å². The van der Waals surface area contributed by atoms with Gasteiger partial charge in [0.15, 0.2) is 10.8 Å². The van der Waals surface area contributed by atoms with E-state index in [1.807, 2.05) is 90.0 Å². The van der Waals surface area contributed by atoms with Crippen molar-refractivity contribution >= 4 is 55.3 Å². The molecular weight excluding hydrogens is 609 g/mol. The van der Waals surface area contributed by atoms with Crippen LogP contribution in [0.2, 0.25) is 0 Å². The van der Waals surface area contributed by atoms with E-state index in [9.17, 15) is 14.7 Å². The molecule has 4 aromatic heterocycles. The second-order valence-electron chi connectivity index (χ2n) is 11.5. The fourth-order valence-corrected chi connectivity index (χ4v) is 7.21. The van der Waals surface area contributed by atoms with Gasteiger partial charge in [0, 0.05) is 54.1 Å². The molecule has 0 unspecified atom stereocenters. The van der Waals surface area contributed by atoms with Crippen LogP contribution < -0.4 is 10.2 Å². The molecule has 10 heteroatoms. The summed E-state index contributed by atoms with van der Waals surface area (Å²) in [6, 6.07) is 29.3. The number of aromatic nitrogens is 4. The van der Waals surface area contributed by atoms with E-state index in [0.717, 1.165) is 43.4 Å². The van der Waals surface area contributed by atoms with Crippen molar-refractivity contribution in [3.8, 4) is 11.1 Å². The minimum atomic E-state index is -1.10. The summed E-state index contributed by atoms with van der Waals surface area (Å²) in [5.41, 5.74) is 6.75. The molecule has 3 aromatic carbocycles. The van der Waals surface area contributed by atoms with Gasteiger partial charge < -0.3 is 14.6 Å². The van der Waals surface area contributed by atoms with Crippen molar-refractivity contribution in [1.82, 2.24) is 19.5 Å². The van der Waals surface area contributed by atoms with E-state index in [2.05, 4.69) is 32.0 Å². The highest BCUT2D eigenvalue weighted by atomic mass is 32.1. The molecule has 9 nitrogen and oxygen atoms in total. The van der Waals surface area contributed by atoms with Crippen LogP contribution in [0.5, 0.6) is 0 Å². The van der Waals surface area contributed by atoms with Crippen LogP contribution in [0.25, 0.3) is 32.2 Å². The van der Waals surface area contributed by atoms with Crippen LogP contribution in [0.3, 0.4) is 0 Å². The Balaban J connectivity index is 1.11. The highest BCUT2D eigenvalue weighted by Crippen LogP contribution is 2.35. The van der Waals surface area contributed by atoms with Crippen LogP contribution in [0.15, 0.2) is 110 Å². The quantitative estimate of drug-likeness (QED) is 0.189. The molecular formula is C37H28N6O3S. The second-order valence-corrected chi connectivity index (χ2v) is 12.5. The fraction of sp³-hybridized carbons (Fsp3) is 0.108. The molecule has 0 bridgehead atoms. The van der Waals surface area contributed by atoms with E-state index in [1.165, 1.54) is 11.3 Å². The van der Waals surface area contributed by atoms with Crippen molar-refractivity contribution < 1.29 is 14.7 Å². The molecule has 2 N–H and O–H groups in total. The molecule has 1 aliphatic heterocycles. The molecule has 230 valence electrons. The zero-order valence-electron chi connectivity index (χ0n) is 25.1. The zero-order valence-corrected chi connectivity index (χ0v) is 25.9. The topological polar surface area (TPSA) is 113 Å². The third kappa shape index (κ3) is 5.38. The van der Waals surface area contributed by atoms with E-state index in [0.29, 0.717) is 48.1 Å². The van der Waals surface area contributed by atoms with Crippen LogP contribution in [-0.2, 0) is 19.5 Å². The molecule has 8 rings (SSSR count). The number of hydrogen-bond donors (Lipinski definition) is 2. The minimum absolute atomic E-state index is 0.0225. The van der Waals surface area contributed by atoms with Gasteiger partial charge in [-0.2, -0.15) is 0 Å². The Morgan fingerprint density at radius 2 is 1.74 bits per heavy atom. The molecule has 0 aliphatic carbocycles. The maximum Gasteiger partial charge on any atom is 0.355 e. The first kappa shape index (κ1) is 28.6. The van der Waals surface area contributed by atoms with Gasteiger partial charge in [-0.25, -0.2) is 14.8 Å². The number of nitrogens with one attached hydrogen (secondary N) is 1. The summed E-state index contributed by atoms with van der Waals surface area (Å²) < 4.78 is 3.10. The lowest BCUT2D eigenvalue weighted by Crippen LogP contribution is -2.33. The summed E-state index contributed by atoms with van der Waals surface area (Å²) in [5, 5.41) is 14.8. The largest absolute Gasteiger partial charge is 0.476 e. The van der Waals surface area contributed by atoms with Gasteiger partial charge in [-0.3, -0.25) is 15.1 Å². The van der Waals surface area contributed by atoms with Crippen molar-refractivity contribution in [2.24, 2.45) is 0 Å². The lowest BCUT2D eigenvalue weighted by atomic mass is 9.94. The number of aromatic carboxylic acids is 1. The number of hydrogen-bond acceptors (Lipinski definition) is 7. The average Bonchev–Trinajstić information content (AvgIpc) is 3.68. The molecule has 47 heavy (non-hydrogen) atoms. The molecule has 1 aliphatic rings. The summed E-state index contributed by atoms with van der Waals surface area (Å²) in [6.45, 7) is 1.69. The monoisotopic (exact) mass is 636 g/mol. The number of anilines is 2. The third-order valence-corrected chi connectivity index (χ3v) is 9.56. The van der Waals surface area contributed by atoms with E-state index in [-0.39, 0.29) is 11.6 Å². The number of fused-ring (bicyclic) bond motifs is 3. The lowest BCUT2D eigenvalue weighted by molar-refractivity contribution is 0.0691. The smallest absolute Gasteiger partial charge is 0.355 e. The summed E-state index contributed by atoms with van der Waals surface area (Å²) in [7, 11) is 0. The van der Waals surface area contributed by atoms with Crippen molar-refractivity contribution in [3.05, 3.63) is 138 Å². The SMILES string of the molecule is O=C(Nc1nc2ccccc2s1)c1cccc2c1CN(c1ccc(-c3cn(Cc4ccccc4)c4cnccc34)c(C(=O)O)n1)CC2. The van der Waals surface area contributed by atoms with Gasteiger partial charge in [0.05, 0.1) is 21.9 Å². The minimum Gasteiger partial charge on any atom is -0.476 e. The first-order valence-corrected chi connectivity index (χ1v) is 16.1. The molecule has 0 spiro atoms. The predicted octanol–water partition coefficient (Wildman–Crippen LogP) is 7.27. The Bertz CT molecular complexity index is 2280. The van der Waals surface area contributed by atoms with Gasteiger partial charge >= 0.3 is 5.97 Å². The molecule has 0 atom stereocenters. The number of carbonyl (C=O) groups excluding carboxylic acids is 1. The Hall–Kier alpha value is -5.87. The number of pyridine rings is 2. The Kier molecular flexibility index (Phi) is 7.18. The zero-order chi connectivity index (χ0) is 31.9. The third-order valence-electron chi connectivity index (χ3n) is 8.61. The summed E-state index contributed by atoms with van der Waals surface area (Å²) in [6.07, 6.45) is 6.20. The molecule has 1 amide bonds. The number of benzene rings is 3. The second kappa shape index (κ2) is 11.8. The Morgan fingerprint density at radius 3 is 2.60 bits per heavy atom. The number of rotatable bonds is 7. The number of carbonyl (C=O) groups is 2. The van der Waals surface area contributed by atoms with Crippen LogP contribution in [0.4, 0.5) is 10.9 Å². The van der Waals surface area contributed by atoms with E-state index in [1.54, 1.807) is 12.4 Å². The molecule has 7 aromatic rings. The Labute approximate surface area is 273 Å². The highest BCUT2D eigenvalue weighted by molar-refractivity contribution is 7.22. The van der Waals surface area contributed by atoms with Gasteiger partial charge in [-0.15, -0.1) is 0 Å². The number of thiazole rings is 1. The van der Waals surface area contributed by atoms with Crippen molar-refractivity contribution in [3.63, 3.8) is 0 Å². The van der Waals surface area contributed by atoms with Gasteiger partial charge in [0.25, 0.3) is 5.91 Å². The van der Waals surface area contributed by atoms with Crippen molar-refractivity contribution in [2.45, 2.75) is 19.5 Å². The summed E-state index contributed by atoms with van der Waals surface area (Å²) in [5.74, 6) is -0.778. The predicted molar refractivity (Wildman–Crippen MR) is 184 cm³/mol. The van der Waals surface area contributed by atoms with Crippen LogP contribution in [0.1, 0.15) is 37.5 Å². The number of para-hydroxylation sites is 1. The van der Waals surface area contributed by atoms with Gasteiger partial charge in [-0.05, 0) is 59.5 Å². The molecule has 0 saturated carbocycles. The van der Waals surface area contributed by atoms with Crippen molar-refractivity contribution in [1.29, 1.82) is 0 Å². The average molecular weight is 637 g/mol. The van der Waals surface area contributed by atoms with E-state index < -0.39 is 5.97 Å². The normalized spacial score (nSPS) is 12.7. The summed E-state index contributed by atoms with van der Waals surface area (Å²) >= 11 is 1.44. The summed E-state index contributed by atoms with van der Waals surface area (Å²) in [4.78, 5) is 41.8. The highest BCUT2D eigenvalue weighted by Gasteiger charge is 2.26. The molecule has 0 fully saturated rings. The van der Waals surface area contributed by atoms with Crippen LogP contribution in [-0.4, -0.2) is 43.0 Å². The van der Waals surface area contributed by atoms with Gasteiger partial charge in [-0.1, -0.05) is 65.9 Å². The van der Waals surface area contributed by atoms with Gasteiger partial charge in [0.1, 0.15) is 5.82 Å². The molecule has 5 heterocycles. The van der Waals surface area contributed by atoms with E-state index >= 15 is 0 Å². The van der Waals surface area contributed by atoms with Gasteiger partial charge in [0.2, 0.25) is 0 Å². The maximum atomic E-state index is 13.5. The first-order chi connectivity index (χ1) is 23.0. The van der Waals surface area contributed by atoms with E-state index in [4.69, 9.17) is 4.98 Å². The number of nitrogens with zero attached hydrogens (tertiary/aromatic N) is 5. The first-order valence-electron chi connectivity index (χ1n) is 15.3. The van der Waals surface area contributed by atoms with Crippen molar-refractivity contribution in [2.75, 3.05) is 16.8 Å². The number of amides is 1. The maximum absolute atomic E-state index is 13.5. The molecule has 0 radical (unpaired) electrons. The number of carboxylic acid groups (broad SMARTS) is 1.